The number of hydrogen-bond donors (Lipinski definition) is 1. The summed E-state index contributed by atoms with van der Waals surface area (Å²) in [5.41, 5.74) is 6.54. The van der Waals surface area contributed by atoms with Gasteiger partial charge in [0.1, 0.15) is 5.15 Å². The number of pyridine rings is 1. The molecule has 1 N–H and O–H groups in total. The third kappa shape index (κ3) is 2.59. The topological polar surface area (TPSA) is 55.1 Å². The molecular weight excluding hydrogens is 322 g/mol. The first kappa shape index (κ1) is 14.7. The standard InChI is InChI=1S/C18H14ClN5/c1-24-16-9-5-4-8-15(16)22-18(24)23-20-11-13-10-12-6-2-3-7-14(12)21-17(13)19/h2-11H,1H3,(H,22,23)/b20-11+. The number of rotatable bonds is 3. The van der Waals surface area contributed by atoms with Crippen LogP contribution in [0.15, 0.2) is 59.7 Å². The number of anilines is 1. The normalized spacial score (nSPS) is 11.6. The van der Waals surface area contributed by atoms with E-state index in [0.29, 0.717) is 11.1 Å². The molecule has 118 valence electrons. The van der Waals surface area contributed by atoms with Crippen LogP contribution in [-0.2, 0) is 7.05 Å². The average Bonchev–Trinajstić information content (AvgIpc) is 2.92. The van der Waals surface area contributed by atoms with Gasteiger partial charge in [0.2, 0.25) is 5.95 Å². The summed E-state index contributed by atoms with van der Waals surface area (Å²) in [7, 11) is 1.94. The molecular formula is C18H14ClN5. The number of aromatic nitrogens is 3. The molecule has 5 nitrogen and oxygen atoms in total. The van der Waals surface area contributed by atoms with E-state index in [-0.39, 0.29) is 0 Å². The van der Waals surface area contributed by atoms with E-state index in [1.807, 2.05) is 66.2 Å². The van der Waals surface area contributed by atoms with Gasteiger partial charge >= 0.3 is 0 Å². The van der Waals surface area contributed by atoms with E-state index in [2.05, 4.69) is 20.5 Å². The molecule has 0 fully saturated rings. The van der Waals surface area contributed by atoms with Gasteiger partial charge in [0, 0.05) is 18.0 Å². The highest BCUT2D eigenvalue weighted by Crippen LogP contribution is 2.20. The second-order valence-electron chi connectivity index (χ2n) is 5.41. The Balaban J connectivity index is 1.63. The molecule has 0 spiro atoms. The fourth-order valence-corrected chi connectivity index (χ4v) is 2.80. The molecule has 0 amide bonds. The first-order chi connectivity index (χ1) is 11.7. The van der Waals surface area contributed by atoms with Crippen molar-refractivity contribution in [3.63, 3.8) is 0 Å². The maximum Gasteiger partial charge on any atom is 0.224 e. The molecule has 6 heteroatoms. The number of nitrogens with zero attached hydrogens (tertiary/aromatic N) is 4. The van der Waals surface area contributed by atoms with Crippen LogP contribution >= 0.6 is 11.6 Å². The minimum Gasteiger partial charge on any atom is -0.312 e. The zero-order chi connectivity index (χ0) is 16.5. The number of nitrogens with one attached hydrogen (secondary N) is 1. The van der Waals surface area contributed by atoms with Gasteiger partial charge < -0.3 is 4.57 Å². The molecule has 2 aromatic heterocycles. The molecule has 0 saturated heterocycles. The van der Waals surface area contributed by atoms with E-state index in [4.69, 9.17) is 11.6 Å². The quantitative estimate of drug-likeness (QED) is 0.346. The lowest BCUT2D eigenvalue weighted by Gasteiger charge is -2.03. The summed E-state index contributed by atoms with van der Waals surface area (Å²) in [6.45, 7) is 0. The Kier molecular flexibility index (Phi) is 3.63. The molecule has 4 rings (SSSR count). The number of hydrogen-bond acceptors (Lipinski definition) is 4. The van der Waals surface area contributed by atoms with Crippen LogP contribution in [-0.4, -0.2) is 20.7 Å². The summed E-state index contributed by atoms with van der Waals surface area (Å²) in [5, 5.41) is 5.69. The van der Waals surface area contributed by atoms with E-state index in [1.54, 1.807) is 6.21 Å². The third-order valence-electron chi connectivity index (χ3n) is 3.86. The summed E-state index contributed by atoms with van der Waals surface area (Å²) in [5.74, 6) is 0.664. The van der Waals surface area contributed by atoms with E-state index >= 15 is 0 Å². The Morgan fingerprint density at radius 1 is 1.04 bits per heavy atom. The maximum absolute atomic E-state index is 6.23. The van der Waals surface area contributed by atoms with E-state index in [9.17, 15) is 0 Å². The van der Waals surface area contributed by atoms with Crippen molar-refractivity contribution >= 4 is 45.7 Å². The smallest absolute Gasteiger partial charge is 0.224 e. The minimum atomic E-state index is 0.421. The van der Waals surface area contributed by atoms with Gasteiger partial charge in [0.25, 0.3) is 0 Å². The second-order valence-corrected chi connectivity index (χ2v) is 5.77. The van der Waals surface area contributed by atoms with Gasteiger partial charge in [0.15, 0.2) is 0 Å². The van der Waals surface area contributed by atoms with Crippen molar-refractivity contribution < 1.29 is 0 Å². The lowest BCUT2D eigenvalue weighted by Crippen LogP contribution is -1.99. The second kappa shape index (κ2) is 5.94. The first-order valence-corrected chi connectivity index (χ1v) is 7.86. The Morgan fingerprint density at radius 3 is 2.62 bits per heavy atom. The summed E-state index contributed by atoms with van der Waals surface area (Å²) in [6.07, 6.45) is 1.65. The Morgan fingerprint density at radius 2 is 1.79 bits per heavy atom. The highest BCUT2D eigenvalue weighted by atomic mass is 35.5. The van der Waals surface area contributed by atoms with Gasteiger partial charge in [-0.15, -0.1) is 0 Å². The fourth-order valence-electron chi connectivity index (χ4n) is 2.60. The van der Waals surface area contributed by atoms with Gasteiger partial charge in [-0.3, -0.25) is 0 Å². The summed E-state index contributed by atoms with van der Waals surface area (Å²) >= 11 is 6.23. The predicted molar refractivity (Wildman–Crippen MR) is 98.7 cm³/mol. The van der Waals surface area contributed by atoms with Crippen molar-refractivity contribution in [1.82, 2.24) is 14.5 Å². The van der Waals surface area contributed by atoms with Crippen molar-refractivity contribution in [2.45, 2.75) is 0 Å². The van der Waals surface area contributed by atoms with Crippen molar-refractivity contribution in [1.29, 1.82) is 0 Å². The minimum absolute atomic E-state index is 0.421. The lowest BCUT2D eigenvalue weighted by atomic mass is 10.2. The number of halogens is 1. The van der Waals surface area contributed by atoms with Crippen LogP contribution in [0.5, 0.6) is 0 Å². The van der Waals surface area contributed by atoms with Gasteiger partial charge in [-0.05, 0) is 24.3 Å². The van der Waals surface area contributed by atoms with Gasteiger partial charge in [-0.1, -0.05) is 41.9 Å². The van der Waals surface area contributed by atoms with Gasteiger partial charge in [0.05, 0.1) is 22.8 Å². The van der Waals surface area contributed by atoms with Crippen LogP contribution in [0.3, 0.4) is 0 Å². The Labute approximate surface area is 143 Å². The largest absolute Gasteiger partial charge is 0.312 e. The molecule has 2 aromatic carbocycles. The van der Waals surface area contributed by atoms with Crippen LogP contribution in [0.4, 0.5) is 5.95 Å². The van der Waals surface area contributed by atoms with Crippen LogP contribution in [0.2, 0.25) is 5.15 Å². The number of hydrazone groups is 1. The number of para-hydroxylation sites is 3. The van der Waals surface area contributed by atoms with Gasteiger partial charge in [-0.2, -0.15) is 5.10 Å². The predicted octanol–water partition coefficient (Wildman–Crippen LogP) is 4.22. The molecule has 0 atom stereocenters. The summed E-state index contributed by atoms with van der Waals surface area (Å²) in [4.78, 5) is 8.88. The maximum atomic E-state index is 6.23. The first-order valence-electron chi connectivity index (χ1n) is 7.48. The molecule has 2 heterocycles. The molecule has 0 aliphatic rings. The van der Waals surface area contributed by atoms with Crippen LogP contribution in [0.1, 0.15) is 5.56 Å². The summed E-state index contributed by atoms with van der Waals surface area (Å²) < 4.78 is 1.95. The molecule has 24 heavy (non-hydrogen) atoms. The zero-order valence-corrected chi connectivity index (χ0v) is 13.7. The molecule has 0 saturated carbocycles. The van der Waals surface area contributed by atoms with E-state index in [0.717, 1.165) is 27.5 Å². The Bertz CT molecular complexity index is 1070. The fraction of sp³-hybridized carbons (Fsp3) is 0.0556. The molecule has 0 aliphatic heterocycles. The van der Waals surface area contributed by atoms with Crippen molar-refractivity contribution in [2.24, 2.45) is 12.1 Å². The molecule has 4 aromatic rings. The molecule has 0 unspecified atom stereocenters. The SMILES string of the molecule is Cn1c(N/N=C/c2cc3ccccc3nc2Cl)nc2ccccc21. The van der Waals surface area contributed by atoms with Crippen molar-refractivity contribution in [3.05, 3.63) is 65.3 Å². The van der Waals surface area contributed by atoms with Crippen molar-refractivity contribution in [2.75, 3.05) is 5.43 Å². The number of aryl methyl sites for hydroxylation is 1. The Hall–Kier alpha value is -2.92. The van der Waals surface area contributed by atoms with Crippen LogP contribution < -0.4 is 5.43 Å². The third-order valence-corrected chi connectivity index (χ3v) is 4.16. The highest BCUT2D eigenvalue weighted by molar-refractivity contribution is 6.32. The van der Waals surface area contributed by atoms with E-state index < -0.39 is 0 Å². The molecule has 0 bridgehead atoms. The summed E-state index contributed by atoms with van der Waals surface area (Å²) in [6, 6.07) is 17.7. The van der Waals surface area contributed by atoms with Crippen molar-refractivity contribution in [3.8, 4) is 0 Å². The molecule has 0 aliphatic carbocycles. The number of benzene rings is 2. The highest BCUT2D eigenvalue weighted by Gasteiger charge is 2.06. The van der Waals surface area contributed by atoms with Crippen LogP contribution in [0.25, 0.3) is 21.9 Å². The van der Waals surface area contributed by atoms with Gasteiger partial charge in [-0.25, -0.2) is 15.4 Å². The van der Waals surface area contributed by atoms with E-state index in [1.165, 1.54) is 0 Å². The average molecular weight is 336 g/mol. The number of imidazole rings is 1. The lowest BCUT2D eigenvalue weighted by molar-refractivity contribution is 0.943. The molecule has 0 radical (unpaired) electrons. The zero-order valence-electron chi connectivity index (χ0n) is 12.9. The monoisotopic (exact) mass is 335 g/mol. The number of fused-ring (bicyclic) bond motifs is 2. The van der Waals surface area contributed by atoms with Crippen LogP contribution in [0, 0.1) is 0 Å².